The minimum Gasteiger partial charge on any atom is -0.469 e. The molecule has 0 saturated carbocycles. The number of methoxy groups -OCH3 is 1. The molecule has 1 aromatic rings. The fourth-order valence-electron chi connectivity index (χ4n) is 1.45. The molecule has 0 fully saturated rings. The van der Waals surface area contributed by atoms with Crippen molar-refractivity contribution in [3.8, 4) is 0 Å². The van der Waals surface area contributed by atoms with Crippen LogP contribution in [0.5, 0.6) is 0 Å². The summed E-state index contributed by atoms with van der Waals surface area (Å²) in [7, 11) is 1.40. The van der Waals surface area contributed by atoms with E-state index in [1.54, 1.807) is 6.08 Å². The van der Waals surface area contributed by atoms with E-state index in [1.807, 2.05) is 18.2 Å². The van der Waals surface area contributed by atoms with Gasteiger partial charge in [0, 0.05) is 0 Å². The molecule has 0 aliphatic heterocycles. The molecule has 0 spiro atoms. The quantitative estimate of drug-likeness (QED) is 0.544. The maximum atomic E-state index is 11.3. The number of benzene rings is 1. The number of hydrogen-bond donors (Lipinski definition) is 0. The number of aryl methyl sites for hydroxylation is 1. The number of carbonyl (C=O) groups is 1. The van der Waals surface area contributed by atoms with Crippen molar-refractivity contribution in [3.05, 3.63) is 48.6 Å². The maximum absolute atomic E-state index is 11.3. The van der Waals surface area contributed by atoms with Gasteiger partial charge in [0.05, 0.1) is 13.0 Å². The van der Waals surface area contributed by atoms with Gasteiger partial charge in [0.15, 0.2) is 0 Å². The summed E-state index contributed by atoms with van der Waals surface area (Å²) in [5.74, 6) is -0.406. The molecule has 80 valence electrons. The molecule has 0 saturated heterocycles. The average molecular weight is 204 g/mol. The van der Waals surface area contributed by atoms with Crippen LogP contribution in [0.25, 0.3) is 0 Å². The van der Waals surface area contributed by atoms with Crippen LogP contribution in [-0.2, 0) is 16.0 Å². The molecule has 0 aromatic heterocycles. The van der Waals surface area contributed by atoms with E-state index < -0.39 is 0 Å². The predicted molar refractivity (Wildman–Crippen MR) is 60.5 cm³/mol. The lowest BCUT2D eigenvalue weighted by molar-refractivity contribution is -0.143. The number of rotatable bonds is 5. The Labute approximate surface area is 90.6 Å². The summed E-state index contributed by atoms with van der Waals surface area (Å²) < 4.78 is 4.68. The van der Waals surface area contributed by atoms with Crippen LogP contribution in [0.3, 0.4) is 0 Å². The summed E-state index contributed by atoms with van der Waals surface area (Å²) >= 11 is 0. The molecule has 1 unspecified atom stereocenters. The third-order valence-corrected chi connectivity index (χ3v) is 2.38. The highest BCUT2D eigenvalue weighted by Crippen LogP contribution is 2.12. The zero-order valence-electron chi connectivity index (χ0n) is 8.98. The molecule has 0 N–H and O–H groups in total. The van der Waals surface area contributed by atoms with E-state index >= 15 is 0 Å². The summed E-state index contributed by atoms with van der Waals surface area (Å²) in [5, 5.41) is 0. The Morgan fingerprint density at radius 2 is 2.13 bits per heavy atom. The Bertz CT molecular complexity index is 317. The zero-order valence-corrected chi connectivity index (χ0v) is 8.98. The molecule has 0 aliphatic carbocycles. The molecule has 1 rings (SSSR count). The van der Waals surface area contributed by atoms with Crippen LogP contribution in [-0.4, -0.2) is 13.1 Å². The van der Waals surface area contributed by atoms with Crippen LogP contribution < -0.4 is 0 Å². The van der Waals surface area contributed by atoms with Gasteiger partial charge in [0.1, 0.15) is 0 Å². The van der Waals surface area contributed by atoms with Gasteiger partial charge in [0.2, 0.25) is 0 Å². The number of hydrogen-bond acceptors (Lipinski definition) is 2. The van der Waals surface area contributed by atoms with Gasteiger partial charge >= 0.3 is 5.97 Å². The van der Waals surface area contributed by atoms with E-state index in [0.29, 0.717) is 0 Å². The van der Waals surface area contributed by atoms with Gasteiger partial charge in [-0.25, -0.2) is 0 Å². The molecule has 0 amide bonds. The molecule has 15 heavy (non-hydrogen) atoms. The van der Waals surface area contributed by atoms with E-state index in [9.17, 15) is 4.79 Å². The van der Waals surface area contributed by atoms with Crippen LogP contribution in [0, 0.1) is 5.92 Å². The van der Waals surface area contributed by atoms with Crippen molar-refractivity contribution in [1.82, 2.24) is 0 Å². The van der Waals surface area contributed by atoms with Crippen LogP contribution in [0.2, 0.25) is 0 Å². The molecular weight excluding hydrogens is 188 g/mol. The first-order valence-corrected chi connectivity index (χ1v) is 5.02. The second kappa shape index (κ2) is 6.02. The summed E-state index contributed by atoms with van der Waals surface area (Å²) in [6.07, 6.45) is 3.27. The fraction of sp³-hybridized carbons (Fsp3) is 0.308. The fourth-order valence-corrected chi connectivity index (χ4v) is 1.45. The monoisotopic (exact) mass is 204 g/mol. The Balaban J connectivity index is 2.48. The lowest BCUT2D eigenvalue weighted by Gasteiger charge is -2.09. The first-order valence-electron chi connectivity index (χ1n) is 5.02. The zero-order chi connectivity index (χ0) is 11.1. The standard InChI is InChI=1S/C13H16O2/c1-3-12(13(14)15-2)10-9-11-7-5-4-6-8-11/h3-8,12H,1,9-10H2,2H3. The van der Waals surface area contributed by atoms with Crippen molar-refractivity contribution in [1.29, 1.82) is 0 Å². The van der Waals surface area contributed by atoms with Crippen LogP contribution >= 0.6 is 0 Å². The van der Waals surface area contributed by atoms with Gasteiger partial charge < -0.3 is 4.74 Å². The van der Waals surface area contributed by atoms with Gasteiger partial charge in [-0.15, -0.1) is 6.58 Å². The first kappa shape index (κ1) is 11.5. The van der Waals surface area contributed by atoms with Gasteiger partial charge in [0.25, 0.3) is 0 Å². The summed E-state index contributed by atoms with van der Waals surface area (Å²) in [6.45, 7) is 3.64. The molecule has 1 aromatic carbocycles. The molecule has 2 heteroatoms. The molecular formula is C13H16O2. The topological polar surface area (TPSA) is 26.3 Å². The van der Waals surface area contributed by atoms with E-state index in [-0.39, 0.29) is 11.9 Å². The van der Waals surface area contributed by atoms with Crippen LogP contribution in [0.1, 0.15) is 12.0 Å². The van der Waals surface area contributed by atoms with Crippen LogP contribution in [0.4, 0.5) is 0 Å². The third-order valence-electron chi connectivity index (χ3n) is 2.38. The molecule has 2 nitrogen and oxygen atoms in total. The SMILES string of the molecule is C=CC(CCc1ccccc1)C(=O)OC. The predicted octanol–water partition coefficient (Wildman–Crippen LogP) is 2.59. The molecule has 0 bridgehead atoms. The second-order valence-corrected chi connectivity index (χ2v) is 3.39. The molecule has 0 heterocycles. The number of ether oxygens (including phenoxy) is 1. The molecule has 0 aliphatic rings. The minimum absolute atomic E-state index is 0.199. The third kappa shape index (κ3) is 3.58. The van der Waals surface area contributed by atoms with Crippen molar-refractivity contribution < 1.29 is 9.53 Å². The highest BCUT2D eigenvalue weighted by atomic mass is 16.5. The van der Waals surface area contributed by atoms with Crippen molar-refractivity contribution in [2.24, 2.45) is 5.92 Å². The number of carbonyl (C=O) groups excluding carboxylic acids is 1. The van der Waals surface area contributed by atoms with Gasteiger partial charge in [-0.1, -0.05) is 36.4 Å². The van der Waals surface area contributed by atoms with Gasteiger partial charge in [-0.2, -0.15) is 0 Å². The highest BCUT2D eigenvalue weighted by molar-refractivity contribution is 5.74. The van der Waals surface area contributed by atoms with E-state index in [4.69, 9.17) is 0 Å². The van der Waals surface area contributed by atoms with E-state index in [1.165, 1.54) is 12.7 Å². The maximum Gasteiger partial charge on any atom is 0.312 e. The smallest absolute Gasteiger partial charge is 0.312 e. The highest BCUT2D eigenvalue weighted by Gasteiger charge is 2.14. The van der Waals surface area contributed by atoms with Crippen molar-refractivity contribution in [3.63, 3.8) is 0 Å². The van der Waals surface area contributed by atoms with E-state index in [2.05, 4.69) is 23.4 Å². The average Bonchev–Trinajstić information content (AvgIpc) is 2.31. The summed E-state index contributed by atoms with van der Waals surface area (Å²) in [6, 6.07) is 10.1. The Hall–Kier alpha value is -1.57. The van der Waals surface area contributed by atoms with Crippen molar-refractivity contribution >= 4 is 5.97 Å². The minimum atomic E-state index is -0.207. The number of esters is 1. The van der Waals surface area contributed by atoms with Crippen molar-refractivity contribution in [2.75, 3.05) is 7.11 Å². The van der Waals surface area contributed by atoms with Crippen LogP contribution in [0.15, 0.2) is 43.0 Å². The molecule has 0 radical (unpaired) electrons. The molecule has 1 atom stereocenters. The first-order chi connectivity index (χ1) is 7.27. The largest absolute Gasteiger partial charge is 0.469 e. The van der Waals surface area contributed by atoms with E-state index in [0.717, 1.165) is 12.8 Å². The lowest BCUT2D eigenvalue weighted by Crippen LogP contribution is -2.14. The van der Waals surface area contributed by atoms with Gasteiger partial charge in [-0.3, -0.25) is 4.79 Å². The summed E-state index contributed by atoms with van der Waals surface area (Å²) in [4.78, 5) is 11.3. The van der Waals surface area contributed by atoms with Crippen molar-refractivity contribution in [2.45, 2.75) is 12.8 Å². The Kier molecular flexibility index (Phi) is 4.61. The van der Waals surface area contributed by atoms with Gasteiger partial charge in [-0.05, 0) is 18.4 Å². The Morgan fingerprint density at radius 1 is 1.47 bits per heavy atom. The normalized spacial score (nSPS) is 11.8. The summed E-state index contributed by atoms with van der Waals surface area (Å²) in [5.41, 5.74) is 1.23. The second-order valence-electron chi connectivity index (χ2n) is 3.39. The Morgan fingerprint density at radius 3 is 2.67 bits per heavy atom. The lowest BCUT2D eigenvalue weighted by atomic mass is 10.00.